The van der Waals surface area contributed by atoms with E-state index < -0.39 is 5.60 Å². The van der Waals surface area contributed by atoms with Crippen LogP contribution in [0.1, 0.15) is 71.6 Å². The normalized spacial score (nSPS) is 54.6. The first kappa shape index (κ1) is 18.2. The molecule has 150 valence electrons. The molecular weight excluding hydrogens is 340 g/mol. The van der Waals surface area contributed by atoms with Gasteiger partial charge in [0.05, 0.1) is 11.7 Å². The van der Waals surface area contributed by atoms with Crippen molar-refractivity contribution in [1.29, 1.82) is 0 Å². The minimum absolute atomic E-state index is 0.126. The Bertz CT molecular complexity index is 686. The Morgan fingerprint density at radius 3 is 2.59 bits per heavy atom. The number of esters is 1. The summed E-state index contributed by atoms with van der Waals surface area (Å²) in [7, 11) is 0. The summed E-state index contributed by atoms with van der Waals surface area (Å²) in [6, 6.07) is 0. The first-order chi connectivity index (χ1) is 12.8. The lowest BCUT2D eigenvalue weighted by atomic mass is 9.43. The first-order valence-corrected chi connectivity index (χ1v) is 11.1. The van der Waals surface area contributed by atoms with Gasteiger partial charge in [0.1, 0.15) is 6.61 Å². The van der Waals surface area contributed by atoms with Gasteiger partial charge in [-0.15, -0.1) is 0 Å². The average Bonchev–Trinajstić information content (AvgIpc) is 3.16. The highest BCUT2D eigenvalue weighted by Crippen LogP contribution is 2.69. The maximum Gasteiger partial charge on any atom is 0.331 e. The number of aliphatic hydroxyl groups excluding tert-OH is 1. The van der Waals surface area contributed by atoms with Crippen LogP contribution in [0.3, 0.4) is 0 Å². The Kier molecular flexibility index (Phi) is 3.92. The molecule has 4 nitrogen and oxygen atoms in total. The Morgan fingerprint density at radius 2 is 1.85 bits per heavy atom. The van der Waals surface area contributed by atoms with Crippen molar-refractivity contribution in [3.63, 3.8) is 0 Å². The van der Waals surface area contributed by atoms with Crippen molar-refractivity contribution < 1.29 is 19.7 Å². The topological polar surface area (TPSA) is 66.8 Å². The molecule has 0 radical (unpaired) electrons. The molecule has 5 rings (SSSR count). The molecule has 4 aliphatic carbocycles. The van der Waals surface area contributed by atoms with E-state index in [-0.39, 0.29) is 28.8 Å². The molecule has 1 heterocycles. The number of aliphatic hydroxyl groups is 2. The summed E-state index contributed by atoms with van der Waals surface area (Å²) in [6.45, 7) is 5.15. The summed E-state index contributed by atoms with van der Waals surface area (Å²) in [4.78, 5) is 11.6. The Morgan fingerprint density at radius 1 is 1.04 bits per heavy atom. The van der Waals surface area contributed by atoms with Gasteiger partial charge >= 0.3 is 5.97 Å². The third-order valence-electron chi connectivity index (χ3n) is 9.96. The minimum atomic E-state index is -0.628. The third-order valence-corrected chi connectivity index (χ3v) is 9.96. The van der Waals surface area contributed by atoms with E-state index in [9.17, 15) is 15.0 Å². The van der Waals surface area contributed by atoms with Crippen LogP contribution in [0.25, 0.3) is 0 Å². The van der Waals surface area contributed by atoms with Gasteiger partial charge < -0.3 is 14.9 Å². The molecule has 0 saturated heterocycles. The standard InChI is InChI=1S/C23H34O4/c1-21-8-5-16(24)12-15(21)3-4-19-18(21)6-9-22(2)17(7-10-23(19,22)26)14-11-20(25)27-13-14/h11,15-19,24,26H,3-10,12-13H2,1-2H3/t15-,16+,17?,18?,19?,21+,22-,23+/m1/s1. The highest BCUT2D eigenvalue weighted by atomic mass is 16.5. The van der Waals surface area contributed by atoms with Crippen LogP contribution in [0.4, 0.5) is 0 Å². The molecule has 4 saturated carbocycles. The molecule has 2 N–H and O–H groups in total. The fourth-order valence-corrected chi connectivity index (χ4v) is 8.39. The lowest BCUT2D eigenvalue weighted by Crippen LogP contribution is -2.62. The molecule has 0 aromatic carbocycles. The van der Waals surface area contributed by atoms with Gasteiger partial charge in [-0.2, -0.15) is 0 Å². The van der Waals surface area contributed by atoms with Crippen LogP contribution in [0.15, 0.2) is 11.6 Å². The van der Waals surface area contributed by atoms with Crippen LogP contribution in [-0.2, 0) is 9.53 Å². The lowest BCUT2D eigenvalue weighted by molar-refractivity contribution is -0.208. The second-order valence-electron chi connectivity index (χ2n) is 10.7. The summed E-state index contributed by atoms with van der Waals surface area (Å²) >= 11 is 0. The molecule has 4 heteroatoms. The van der Waals surface area contributed by atoms with Crippen molar-refractivity contribution in [1.82, 2.24) is 0 Å². The fraction of sp³-hybridized carbons (Fsp3) is 0.870. The molecule has 3 unspecified atom stereocenters. The van der Waals surface area contributed by atoms with E-state index in [0.717, 1.165) is 56.9 Å². The Balaban J connectivity index is 1.47. The highest BCUT2D eigenvalue weighted by Gasteiger charge is 2.67. The molecule has 0 aromatic heterocycles. The fourth-order valence-electron chi connectivity index (χ4n) is 8.39. The summed E-state index contributed by atoms with van der Waals surface area (Å²) in [5, 5.41) is 22.3. The largest absolute Gasteiger partial charge is 0.458 e. The summed E-state index contributed by atoms with van der Waals surface area (Å²) in [5.74, 6) is 1.59. The van der Waals surface area contributed by atoms with Crippen molar-refractivity contribution in [2.45, 2.75) is 83.3 Å². The zero-order valence-corrected chi connectivity index (χ0v) is 16.7. The molecule has 5 aliphatic rings. The maximum absolute atomic E-state index is 12.1. The van der Waals surface area contributed by atoms with Crippen molar-refractivity contribution in [3.8, 4) is 0 Å². The van der Waals surface area contributed by atoms with E-state index in [1.54, 1.807) is 6.08 Å². The number of hydrogen-bond donors (Lipinski definition) is 2. The molecule has 0 aromatic rings. The first-order valence-electron chi connectivity index (χ1n) is 11.1. The number of hydrogen-bond acceptors (Lipinski definition) is 4. The van der Waals surface area contributed by atoms with E-state index in [0.29, 0.717) is 24.4 Å². The zero-order valence-electron chi connectivity index (χ0n) is 16.7. The molecule has 8 atom stereocenters. The molecule has 0 bridgehead atoms. The van der Waals surface area contributed by atoms with Crippen molar-refractivity contribution in [3.05, 3.63) is 11.6 Å². The summed E-state index contributed by atoms with van der Waals surface area (Å²) < 4.78 is 5.20. The van der Waals surface area contributed by atoms with E-state index in [2.05, 4.69) is 13.8 Å². The minimum Gasteiger partial charge on any atom is -0.458 e. The second kappa shape index (κ2) is 5.82. The smallest absolute Gasteiger partial charge is 0.331 e. The summed E-state index contributed by atoms with van der Waals surface area (Å²) in [6.07, 6.45) is 10.8. The number of fused-ring (bicyclic) bond motifs is 5. The van der Waals surface area contributed by atoms with Crippen LogP contribution < -0.4 is 0 Å². The molecule has 0 amide bonds. The quantitative estimate of drug-likeness (QED) is 0.688. The van der Waals surface area contributed by atoms with Gasteiger partial charge in [0.25, 0.3) is 0 Å². The molecular formula is C23H34O4. The van der Waals surface area contributed by atoms with Crippen LogP contribution in [0.2, 0.25) is 0 Å². The Labute approximate surface area is 162 Å². The highest BCUT2D eigenvalue weighted by molar-refractivity contribution is 5.85. The van der Waals surface area contributed by atoms with E-state index in [4.69, 9.17) is 4.74 Å². The van der Waals surface area contributed by atoms with Crippen LogP contribution in [0.5, 0.6) is 0 Å². The van der Waals surface area contributed by atoms with Crippen LogP contribution in [0, 0.1) is 34.5 Å². The molecule has 0 spiro atoms. The predicted molar refractivity (Wildman–Crippen MR) is 102 cm³/mol. The second-order valence-corrected chi connectivity index (χ2v) is 10.7. The number of ether oxygens (including phenoxy) is 1. The van der Waals surface area contributed by atoms with Gasteiger partial charge in [-0.25, -0.2) is 4.79 Å². The van der Waals surface area contributed by atoms with Gasteiger partial charge in [-0.05, 0) is 92.4 Å². The van der Waals surface area contributed by atoms with Crippen LogP contribution >= 0.6 is 0 Å². The van der Waals surface area contributed by atoms with Gasteiger partial charge in [0.15, 0.2) is 0 Å². The lowest BCUT2D eigenvalue weighted by Gasteiger charge is -2.63. The van der Waals surface area contributed by atoms with E-state index in [1.165, 1.54) is 6.42 Å². The molecule has 4 fully saturated rings. The molecule has 27 heavy (non-hydrogen) atoms. The van der Waals surface area contributed by atoms with Gasteiger partial charge in [0, 0.05) is 11.5 Å². The summed E-state index contributed by atoms with van der Waals surface area (Å²) in [5.41, 5.74) is 0.600. The van der Waals surface area contributed by atoms with Crippen molar-refractivity contribution in [2.75, 3.05) is 6.61 Å². The average molecular weight is 375 g/mol. The number of carbonyl (C=O) groups excluding carboxylic acids is 1. The number of rotatable bonds is 1. The van der Waals surface area contributed by atoms with Gasteiger partial charge in [-0.1, -0.05) is 13.8 Å². The number of carbonyl (C=O) groups is 1. The maximum atomic E-state index is 12.1. The Hall–Kier alpha value is -0.870. The van der Waals surface area contributed by atoms with Crippen LogP contribution in [-0.4, -0.2) is 34.5 Å². The van der Waals surface area contributed by atoms with Gasteiger partial charge in [-0.3, -0.25) is 0 Å². The van der Waals surface area contributed by atoms with Gasteiger partial charge in [0.2, 0.25) is 0 Å². The van der Waals surface area contributed by atoms with E-state index >= 15 is 0 Å². The number of cyclic esters (lactones) is 1. The van der Waals surface area contributed by atoms with Crippen molar-refractivity contribution >= 4 is 5.97 Å². The third kappa shape index (κ3) is 2.32. The monoisotopic (exact) mass is 374 g/mol. The van der Waals surface area contributed by atoms with Crippen molar-refractivity contribution in [2.24, 2.45) is 34.5 Å². The van der Waals surface area contributed by atoms with E-state index in [1.807, 2.05) is 0 Å². The predicted octanol–water partition coefficient (Wildman–Crippen LogP) is 3.60. The zero-order chi connectivity index (χ0) is 19.0. The SMILES string of the molecule is C[C@]12CC[C@H](O)C[C@H]1CCC1C2CC[C@]2(C)C(C3=CC(=O)OC3)CC[C@]12O. The molecule has 1 aliphatic heterocycles.